The summed E-state index contributed by atoms with van der Waals surface area (Å²) >= 11 is 2.92. The molecule has 0 fully saturated rings. The molecule has 0 aliphatic carbocycles. The molecule has 0 N–H and O–H groups in total. The molecule has 0 aromatic heterocycles. The second-order valence-electron chi connectivity index (χ2n) is 2.45. The van der Waals surface area contributed by atoms with E-state index in [2.05, 4.69) is 16.7 Å². The highest BCUT2D eigenvalue weighted by atomic mass is 32.2. The Morgan fingerprint density at radius 2 is 1.92 bits per heavy atom. The average molecular weight is 213 g/mol. The van der Waals surface area contributed by atoms with Crippen LogP contribution in [0.5, 0.6) is 0 Å². The smallest absolute Gasteiger partial charge is 0.0278 e. The standard InChI is InChI=1S/C9H11NOS2/c11-10-13-7-6-12-8-9-4-2-1-3-5-9/h1-5H,6-8H2. The van der Waals surface area contributed by atoms with Crippen molar-refractivity contribution >= 4 is 23.7 Å². The fourth-order valence-corrected chi connectivity index (χ4v) is 2.31. The van der Waals surface area contributed by atoms with Crippen LogP contribution in [-0.4, -0.2) is 11.5 Å². The molecule has 1 rings (SSSR count). The van der Waals surface area contributed by atoms with E-state index in [-0.39, 0.29) is 0 Å². The lowest BCUT2D eigenvalue weighted by atomic mass is 10.2. The topological polar surface area (TPSA) is 29.4 Å². The van der Waals surface area contributed by atoms with Crippen LogP contribution in [0.3, 0.4) is 0 Å². The van der Waals surface area contributed by atoms with Crippen molar-refractivity contribution < 1.29 is 0 Å². The Morgan fingerprint density at radius 1 is 1.15 bits per heavy atom. The third-order valence-corrected chi connectivity index (χ3v) is 3.26. The number of benzene rings is 1. The SMILES string of the molecule is O=NSCCSCc1ccccc1. The molecule has 0 atom stereocenters. The van der Waals surface area contributed by atoms with Gasteiger partial charge in [-0.25, -0.2) is 0 Å². The predicted molar refractivity (Wildman–Crippen MR) is 60.9 cm³/mol. The second-order valence-corrected chi connectivity index (χ2v) is 4.37. The summed E-state index contributed by atoms with van der Waals surface area (Å²) in [4.78, 5) is 9.74. The quantitative estimate of drug-likeness (QED) is 0.412. The highest BCUT2D eigenvalue weighted by Gasteiger charge is 1.92. The normalized spacial score (nSPS) is 9.85. The first kappa shape index (κ1) is 10.6. The van der Waals surface area contributed by atoms with Crippen LogP contribution < -0.4 is 0 Å². The molecule has 0 heterocycles. The summed E-state index contributed by atoms with van der Waals surface area (Å²) in [5.74, 6) is 2.80. The Hall–Kier alpha value is -0.480. The van der Waals surface area contributed by atoms with Crippen molar-refractivity contribution in [2.24, 2.45) is 4.58 Å². The molecule has 0 unspecified atom stereocenters. The first-order chi connectivity index (χ1) is 6.43. The summed E-state index contributed by atoms with van der Waals surface area (Å²) in [6.07, 6.45) is 0. The van der Waals surface area contributed by atoms with Crippen LogP contribution >= 0.6 is 23.7 Å². The number of nitrogens with zero attached hydrogens (tertiary/aromatic N) is 1. The van der Waals surface area contributed by atoms with Gasteiger partial charge in [-0.3, -0.25) is 0 Å². The second kappa shape index (κ2) is 6.97. The lowest BCUT2D eigenvalue weighted by Crippen LogP contribution is -1.84. The maximum absolute atomic E-state index is 9.74. The summed E-state index contributed by atoms with van der Waals surface area (Å²) in [7, 11) is 0. The molecule has 0 aliphatic heterocycles. The van der Waals surface area contributed by atoms with Gasteiger partial charge in [0.1, 0.15) is 0 Å². The van der Waals surface area contributed by atoms with Gasteiger partial charge in [0.25, 0.3) is 0 Å². The van der Waals surface area contributed by atoms with Gasteiger partial charge in [0, 0.05) is 33.8 Å². The highest BCUT2D eigenvalue weighted by Crippen LogP contribution is 2.13. The lowest BCUT2D eigenvalue weighted by Gasteiger charge is -1.98. The van der Waals surface area contributed by atoms with E-state index in [4.69, 9.17) is 0 Å². The van der Waals surface area contributed by atoms with Crippen LogP contribution in [0.25, 0.3) is 0 Å². The lowest BCUT2D eigenvalue weighted by molar-refractivity contribution is 1.40. The molecule has 13 heavy (non-hydrogen) atoms. The van der Waals surface area contributed by atoms with Gasteiger partial charge in [-0.15, -0.1) is 4.91 Å². The molecule has 0 aliphatic rings. The molecule has 0 saturated heterocycles. The van der Waals surface area contributed by atoms with E-state index in [0.29, 0.717) is 0 Å². The van der Waals surface area contributed by atoms with E-state index in [9.17, 15) is 4.91 Å². The summed E-state index contributed by atoms with van der Waals surface area (Å²) < 4.78 is 2.73. The van der Waals surface area contributed by atoms with Gasteiger partial charge in [0.15, 0.2) is 0 Å². The van der Waals surface area contributed by atoms with E-state index < -0.39 is 0 Å². The van der Waals surface area contributed by atoms with E-state index >= 15 is 0 Å². The van der Waals surface area contributed by atoms with Crippen LogP contribution in [-0.2, 0) is 5.75 Å². The summed E-state index contributed by atoms with van der Waals surface area (Å²) in [6, 6.07) is 10.3. The molecule has 2 nitrogen and oxygen atoms in total. The molecule has 4 heteroatoms. The van der Waals surface area contributed by atoms with Crippen molar-refractivity contribution in [3.63, 3.8) is 0 Å². The fourth-order valence-electron chi connectivity index (χ4n) is 0.898. The summed E-state index contributed by atoms with van der Waals surface area (Å²) in [5.41, 5.74) is 1.33. The molecule has 70 valence electrons. The highest BCUT2D eigenvalue weighted by molar-refractivity contribution is 8.01. The number of thioether (sulfide) groups is 1. The Kier molecular flexibility index (Phi) is 5.69. The maximum atomic E-state index is 9.74. The van der Waals surface area contributed by atoms with Crippen LogP contribution in [0.1, 0.15) is 5.56 Å². The van der Waals surface area contributed by atoms with Gasteiger partial charge in [-0.2, -0.15) is 11.8 Å². The molecule has 1 aromatic carbocycles. The molecule has 1 aromatic rings. The maximum Gasteiger partial charge on any atom is 0.0278 e. The molecule has 0 amide bonds. The molecule has 0 bridgehead atoms. The minimum absolute atomic E-state index is 0.807. The van der Waals surface area contributed by atoms with Gasteiger partial charge in [-0.05, 0) is 5.56 Å². The van der Waals surface area contributed by atoms with Crippen molar-refractivity contribution in [2.75, 3.05) is 11.5 Å². The zero-order valence-corrected chi connectivity index (χ0v) is 8.81. The third kappa shape index (κ3) is 4.95. The Balaban J connectivity index is 2.10. The van der Waals surface area contributed by atoms with Crippen LogP contribution in [0.4, 0.5) is 0 Å². The molecular weight excluding hydrogens is 202 g/mol. The van der Waals surface area contributed by atoms with E-state index in [0.717, 1.165) is 29.2 Å². The Morgan fingerprint density at radius 3 is 2.62 bits per heavy atom. The first-order valence-corrected chi connectivity index (χ1v) is 6.09. The zero-order valence-electron chi connectivity index (χ0n) is 7.18. The number of nitroso groups, excluding NO2 is 1. The average Bonchev–Trinajstić information content (AvgIpc) is 2.19. The minimum Gasteiger partial charge on any atom is -0.156 e. The molecule has 0 saturated carbocycles. The summed E-state index contributed by atoms with van der Waals surface area (Å²) in [5, 5.41) is 0. The monoisotopic (exact) mass is 213 g/mol. The fraction of sp³-hybridized carbons (Fsp3) is 0.333. The van der Waals surface area contributed by atoms with Crippen molar-refractivity contribution in [3.05, 3.63) is 40.8 Å². The Labute approximate surface area is 86.6 Å². The third-order valence-electron chi connectivity index (χ3n) is 1.48. The molecular formula is C9H11NOS2. The van der Waals surface area contributed by atoms with Gasteiger partial charge in [0.05, 0.1) is 0 Å². The van der Waals surface area contributed by atoms with Gasteiger partial charge >= 0.3 is 0 Å². The molecule has 0 spiro atoms. The summed E-state index contributed by atoms with van der Waals surface area (Å²) in [6.45, 7) is 0. The van der Waals surface area contributed by atoms with Crippen molar-refractivity contribution in [1.29, 1.82) is 0 Å². The largest absolute Gasteiger partial charge is 0.156 e. The van der Waals surface area contributed by atoms with E-state index in [1.165, 1.54) is 5.56 Å². The van der Waals surface area contributed by atoms with Gasteiger partial charge < -0.3 is 0 Å². The minimum atomic E-state index is 0.807. The van der Waals surface area contributed by atoms with E-state index in [1.54, 1.807) is 0 Å². The van der Waals surface area contributed by atoms with Crippen molar-refractivity contribution in [1.82, 2.24) is 0 Å². The van der Waals surface area contributed by atoms with Gasteiger partial charge in [0.2, 0.25) is 0 Å². The molecule has 0 radical (unpaired) electrons. The number of hydrogen-bond donors (Lipinski definition) is 0. The zero-order chi connectivity index (χ0) is 9.36. The van der Waals surface area contributed by atoms with Crippen LogP contribution in [0.15, 0.2) is 34.9 Å². The first-order valence-electron chi connectivity index (χ1n) is 4.00. The Bertz CT molecular complexity index is 241. The number of hydrogen-bond acceptors (Lipinski definition) is 4. The predicted octanol–water partition coefficient (Wildman–Crippen LogP) is 3.33. The van der Waals surface area contributed by atoms with Crippen molar-refractivity contribution in [3.8, 4) is 0 Å². The van der Waals surface area contributed by atoms with Crippen molar-refractivity contribution in [2.45, 2.75) is 5.75 Å². The van der Waals surface area contributed by atoms with Crippen LogP contribution in [0, 0.1) is 4.91 Å². The van der Waals surface area contributed by atoms with E-state index in [1.807, 2.05) is 30.0 Å². The number of rotatable bonds is 6. The van der Waals surface area contributed by atoms with Gasteiger partial charge in [-0.1, -0.05) is 30.3 Å². The van der Waals surface area contributed by atoms with Crippen LogP contribution in [0.2, 0.25) is 0 Å².